The molecule has 3 atom stereocenters. The SMILES string of the molecule is O=C[C@@H]1C[C@@H](NS(=O)(=O)c2ccccc2)C(O)N1. The quantitative estimate of drug-likeness (QED) is 0.623. The lowest BCUT2D eigenvalue weighted by molar-refractivity contribution is -0.109. The summed E-state index contributed by atoms with van der Waals surface area (Å²) >= 11 is 0. The predicted octanol–water partition coefficient (Wildman–Crippen LogP) is -0.787. The summed E-state index contributed by atoms with van der Waals surface area (Å²) < 4.78 is 26.4. The Morgan fingerprint density at radius 2 is 2.00 bits per heavy atom. The summed E-state index contributed by atoms with van der Waals surface area (Å²) in [5.41, 5.74) is 0. The number of aliphatic hydroxyl groups excluding tert-OH is 1. The van der Waals surface area contributed by atoms with Crippen molar-refractivity contribution in [3.63, 3.8) is 0 Å². The minimum absolute atomic E-state index is 0.131. The van der Waals surface area contributed by atoms with Crippen molar-refractivity contribution in [1.82, 2.24) is 10.0 Å². The van der Waals surface area contributed by atoms with Crippen LogP contribution in [0.25, 0.3) is 0 Å². The van der Waals surface area contributed by atoms with Crippen LogP contribution in [0.1, 0.15) is 6.42 Å². The lowest BCUT2D eigenvalue weighted by Gasteiger charge is -2.15. The van der Waals surface area contributed by atoms with Gasteiger partial charge in [-0.25, -0.2) is 13.1 Å². The fraction of sp³-hybridized carbons (Fsp3) is 0.364. The highest BCUT2D eigenvalue weighted by molar-refractivity contribution is 7.89. The summed E-state index contributed by atoms with van der Waals surface area (Å²) in [5, 5.41) is 12.2. The summed E-state index contributed by atoms with van der Waals surface area (Å²) in [6, 6.07) is 6.66. The van der Waals surface area contributed by atoms with E-state index >= 15 is 0 Å². The zero-order chi connectivity index (χ0) is 13.2. The van der Waals surface area contributed by atoms with Crippen LogP contribution in [0.4, 0.5) is 0 Å². The Bertz CT molecular complexity index is 517. The first-order valence-electron chi connectivity index (χ1n) is 5.50. The van der Waals surface area contributed by atoms with Gasteiger partial charge in [0.2, 0.25) is 10.0 Å². The van der Waals surface area contributed by atoms with Gasteiger partial charge >= 0.3 is 0 Å². The van der Waals surface area contributed by atoms with E-state index in [1.807, 2.05) is 0 Å². The van der Waals surface area contributed by atoms with E-state index in [1.165, 1.54) is 12.1 Å². The molecular formula is C11H14N2O4S. The number of hydrogen-bond donors (Lipinski definition) is 3. The number of rotatable bonds is 4. The molecule has 0 spiro atoms. The summed E-state index contributed by atoms with van der Waals surface area (Å²) in [6.07, 6.45) is -0.171. The largest absolute Gasteiger partial charge is 0.377 e. The number of hydrogen-bond acceptors (Lipinski definition) is 5. The van der Waals surface area contributed by atoms with Crippen LogP contribution in [0, 0.1) is 0 Å². The number of carbonyl (C=O) groups excluding carboxylic acids is 1. The predicted molar refractivity (Wildman–Crippen MR) is 64.2 cm³/mol. The second-order valence-electron chi connectivity index (χ2n) is 4.13. The van der Waals surface area contributed by atoms with Crippen molar-refractivity contribution in [1.29, 1.82) is 0 Å². The van der Waals surface area contributed by atoms with Gasteiger partial charge in [-0.1, -0.05) is 18.2 Å². The Morgan fingerprint density at radius 1 is 1.33 bits per heavy atom. The van der Waals surface area contributed by atoms with Crippen molar-refractivity contribution in [2.24, 2.45) is 0 Å². The van der Waals surface area contributed by atoms with Gasteiger partial charge in [0, 0.05) is 0 Å². The van der Waals surface area contributed by atoms with Crippen molar-refractivity contribution >= 4 is 16.3 Å². The molecule has 2 rings (SSSR count). The van der Waals surface area contributed by atoms with Gasteiger partial charge in [-0.15, -0.1) is 0 Å². The Labute approximate surface area is 105 Å². The number of carbonyl (C=O) groups is 1. The second-order valence-corrected chi connectivity index (χ2v) is 5.84. The van der Waals surface area contributed by atoms with Gasteiger partial charge in [0.15, 0.2) is 0 Å². The molecule has 98 valence electrons. The molecule has 1 saturated heterocycles. The van der Waals surface area contributed by atoms with Crippen LogP contribution in [0.15, 0.2) is 35.2 Å². The normalized spacial score (nSPS) is 28.2. The third-order valence-electron chi connectivity index (χ3n) is 2.80. The first-order valence-corrected chi connectivity index (χ1v) is 6.98. The van der Waals surface area contributed by atoms with Crippen LogP contribution in [0.5, 0.6) is 0 Å². The minimum atomic E-state index is -3.67. The van der Waals surface area contributed by atoms with Crippen molar-refractivity contribution in [2.75, 3.05) is 0 Å². The lowest BCUT2D eigenvalue weighted by atomic mass is 10.2. The van der Waals surface area contributed by atoms with Gasteiger partial charge in [0.25, 0.3) is 0 Å². The highest BCUT2D eigenvalue weighted by Gasteiger charge is 2.35. The van der Waals surface area contributed by atoms with Gasteiger partial charge < -0.3 is 9.90 Å². The van der Waals surface area contributed by atoms with E-state index in [0.29, 0.717) is 6.29 Å². The summed E-state index contributed by atoms with van der Waals surface area (Å²) in [6.45, 7) is 0. The number of benzene rings is 1. The van der Waals surface area contributed by atoms with Crippen LogP contribution in [0.3, 0.4) is 0 Å². The molecule has 0 aliphatic carbocycles. The fourth-order valence-electron chi connectivity index (χ4n) is 1.88. The first kappa shape index (κ1) is 13.2. The maximum Gasteiger partial charge on any atom is 0.240 e. The van der Waals surface area contributed by atoms with Crippen molar-refractivity contribution < 1.29 is 18.3 Å². The van der Waals surface area contributed by atoms with E-state index in [2.05, 4.69) is 10.0 Å². The third kappa shape index (κ3) is 2.75. The molecule has 0 aromatic heterocycles. The molecule has 0 amide bonds. The van der Waals surface area contributed by atoms with E-state index in [9.17, 15) is 18.3 Å². The van der Waals surface area contributed by atoms with Crippen molar-refractivity contribution in [2.45, 2.75) is 29.6 Å². The van der Waals surface area contributed by atoms with Crippen LogP contribution < -0.4 is 10.0 Å². The van der Waals surface area contributed by atoms with E-state index in [-0.39, 0.29) is 11.3 Å². The lowest BCUT2D eigenvalue weighted by Crippen LogP contribution is -2.43. The van der Waals surface area contributed by atoms with E-state index in [4.69, 9.17) is 0 Å². The summed E-state index contributed by atoms with van der Waals surface area (Å²) in [4.78, 5) is 10.7. The zero-order valence-corrected chi connectivity index (χ0v) is 10.3. The smallest absolute Gasteiger partial charge is 0.240 e. The molecule has 0 radical (unpaired) electrons. The maximum absolute atomic E-state index is 12.0. The molecule has 1 aromatic rings. The molecule has 1 fully saturated rings. The number of nitrogens with one attached hydrogen (secondary N) is 2. The molecule has 1 aliphatic heterocycles. The Balaban J connectivity index is 2.12. The van der Waals surface area contributed by atoms with Crippen LogP contribution in [0.2, 0.25) is 0 Å². The molecule has 18 heavy (non-hydrogen) atoms. The monoisotopic (exact) mass is 270 g/mol. The molecule has 3 N–H and O–H groups in total. The molecule has 6 nitrogen and oxygen atoms in total. The van der Waals surface area contributed by atoms with Gasteiger partial charge in [0.05, 0.1) is 17.0 Å². The molecule has 1 aromatic carbocycles. The van der Waals surface area contributed by atoms with E-state index < -0.39 is 28.3 Å². The summed E-state index contributed by atoms with van der Waals surface area (Å²) in [5.74, 6) is 0. The number of aldehydes is 1. The minimum Gasteiger partial charge on any atom is -0.377 e. The van der Waals surface area contributed by atoms with Crippen LogP contribution >= 0.6 is 0 Å². The summed E-state index contributed by atoms with van der Waals surface area (Å²) in [7, 11) is -3.67. The van der Waals surface area contributed by atoms with Crippen molar-refractivity contribution in [3.8, 4) is 0 Å². The van der Waals surface area contributed by atoms with E-state index in [1.54, 1.807) is 18.2 Å². The van der Waals surface area contributed by atoms with Crippen LogP contribution in [-0.2, 0) is 14.8 Å². The average Bonchev–Trinajstić information content (AvgIpc) is 2.71. The highest BCUT2D eigenvalue weighted by Crippen LogP contribution is 2.15. The van der Waals surface area contributed by atoms with E-state index in [0.717, 1.165) is 0 Å². The van der Waals surface area contributed by atoms with Crippen molar-refractivity contribution in [3.05, 3.63) is 30.3 Å². The number of sulfonamides is 1. The molecule has 0 bridgehead atoms. The van der Waals surface area contributed by atoms with Gasteiger partial charge in [-0.05, 0) is 18.6 Å². The molecular weight excluding hydrogens is 256 g/mol. The highest BCUT2D eigenvalue weighted by atomic mass is 32.2. The zero-order valence-electron chi connectivity index (χ0n) is 9.48. The third-order valence-corrected chi connectivity index (χ3v) is 4.30. The molecule has 0 saturated carbocycles. The molecule has 1 unspecified atom stereocenters. The Hall–Kier alpha value is -1.28. The molecule has 7 heteroatoms. The molecule has 1 aliphatic rings. The second kappa shape index (κ2) is 5.15. The fourth-order valence-corrected chi connectivity index (χ4v) is 3.16. The Kier molecular flexibility index (Phi) is 3.76. The van der Waals surface area contributed by atoms with Gasteiger partial charge in [0.1, 0.15) is 12.5 Å². The maximum atomic E-state index is 12.0. The molecule has 1 heterocycles. The van der Waals surface area contributed by atoms with Gasteiger partial charge in [-0.3, -0.25) is 5.32 Å². The first-order chi connectivity index (χ1) is 8.53. The van der Waals surface area contributed by atoms with Crippen LogP contribution in [-0.4, -0.2) is 38.1 Å². The Morgan fingerprint density at radius 3 is 2.56 bits per heavy atom. The average molecular weight is 270 g/mol. The van der Waals surface area contributed by atoms with Gasteiger partial charge in [-0.2, -0.15) is 0 Å². The standard InChI is InChI=1S/C11H14N2O4S/c14-7-8-6-10(11(15)12-8)13-18(16,17)9-4-2-1-3-5-9/h1-5,7-8,10-13,15H,6H2/t8-,10+,11?/m0/s1. The topological polar surface area (TPSA) is 95.5 Å². The number of aliphatic hydroxyl groups is 1.